The molecule has 11 nitrogen and oxygen atoms in total. The van der Waals surface area contributed by atoms with Crippen LogP contribution in [0.2, 0.25) is 0 Å². The maximum absolute atomic E-state index is 12.9. The van der Waals surface area contributed by atoms with Crippen molar-refractivity contribution in [2.24, 2.45) is 5.10 Å². The normalized spacial score (nSPS) is 11.4. The molecule has 204 valence electrons. The molecule has 1 aromatic heterocycles. The number of esters is 1. The maximum Gasteiger partial charge on any atom is 0.336 e. The number of hydrogen-bond acceptors (Lipinski definition) is 8. The molecule has 0 bridgehead atoms. The molecule has 0 radical (unpaired) electrons. The van der Waals surface area contributed by atoms with Gasteiger partial charge in [-0.15, -0.1) is 0 Å². The standard InChI is InChI=1S/C30H22N4O7/c35-28(17-16-25-7-4-18-40-25)41-26-14-10-22(11-15-26)20-31-33-30(37)27(32-29(36)23-5-2-1-3-6-23)19-21-8-12-24(13-9-21)34(38)39/h1-20H,(H,32,36)(H,33,37). The van der Waals surface area contributed by atoms with E-state index in [1.807, 2.05) is 0 Å². The second-order valence-corrected chi connectivity index (χ2v) is 8.26. The minimum atomic E-state index is -0.724. The summed E-state index contributed by atoms with van der Waals surface area (Å²) in [5, 5.41) is 17.4. The Bertz CT molecular complexity index is 1610. The van der Waals surface area contributed by atoms with Crippen LogP contribution in [0, 0.1) is 10.1 Å². The molecule has 11 heteroatoms. The van der Waals surface area contributed by atoms with Gasteiger partial charge < -0.3 is 14.5 Å². The number of hydrazone groups is 1. The lowest BCUT2D eigenvalue weighted by Gasteiger charge is -2.09. The summed E-state index contributed by atoms with van der Waals surface area (Å²) in [6.07, 6.45) is 6.95. The van der Waals surface area contributed by atoms with Crippen LogP contribution in [0.4, 0.5) is 5.69 Å². The molecule has 0 spiro atoms. The molecule has 0 aliphatic carbocycles. The van der Waals surface area contributed by atoms with Crippen molar-refractivity contribution in [2.75, 3.05) is 0 Å². The molecule has 2 amide bonds. The molecule has 0 saturated carbocycles. The average molecular weight is 551 g/mol. The summed E-state index contributed by atoms with van der Waals surface area (Å²) in [7, 11) is 0. The average Bonchev–Trinajstić information content (AvgIpc) is 3.51. The van der Waals surface area contributed by atoms with Crippen LogP contribution < -0.4 is 15.5 Å². The molecule has 0 atom stereocenters. The molecule has 0 aliphatic heterocycles. The zero-order valence-electron chi connectivity index (χ0n) is 21.3. The van der Waals surface area contributed by atoms with Gasteiger partial charge in [0.25, 0.3) is 17.5 Å². The fraction of sp³-hybridized carbons (Fsp3) is 0. The van der Waals surface area contributed by atoms with Crippen LogP contribution >= 0.6 is 0 Å². The van der Waals surface area contributed by atoms with Gasteiger partial charge >= 0.3 is 5.97 Å². The smallest absolute Gasteiger partial charge is 0.336 e. The first-order chi connectivity index (χ1) is 19.9. The van der Waals surface area contributed by atoms with E-state index in [4.69, 9.17) is 9.15 Å². The zero-order chi connectivity index (χ0) is 29.0. The quantitative estimate of drug-likeness (QED) is 0.0723. The number of nitro benzene ring substituents is 1. The fourth-order valence-corrected chi connectivity index (χ4v) is 3.34. The fourth-order valence-electron chi connectivity index (χ4n) is 3.34. The first-order valence-electron chi connectivity index (χ1n) is 12.1. The van der Waals surface area contributed by atoms with Gasteiger partial charge in [-0.05, 0) is 83.9 Å². The number of nitrogens with zero attached hydrogens (tertiary/aromatic N) is 2. The van der Waals surface area contributed by atoms with Crippen molar-refractivity contribution in [2.45, 2.75) is 0 Å². The number of nitro groups is 1. The van der Waals surface area contributed by atoms with Crippen LogP contribution in [-0.4, -0.2) is 28.9 Å². The molecule has 41 heavy (non-hydrogen) atoms. The Labute approximate surface area is 233 Å². The molecule has 2 N–H and O–H groups in total. The highest BCUT2D eigenvalue weighted by Crippen LogP contribution is 2.15. The van der Waals surface area contributed by atoms with Gasteiger partial charge in [0.1, 0.15) is 17.2 Å². The molecule has 0 aliphatic rings. The number of carbonyl (C=O) groups is 3. The van der Waals surface area contributed by atoms with E-state index in [9.17, 15) is 24.5 Å². The van der Waals surface area contributed by atoms with Gasteiger partial charge in [0.2, 0.25) is 0 Å². The highest BCUT2D eigenvalue weighted by Gasteiger charge is 2.15. The topological polar surface area (TPSA) is 153 Å². The van der Waals surface area contributed by atoms with Crippen molar-refractivity contribution in [1.29, 1.82) is 0 Å². The minimum absolute atomic E-state index is 0.114. The molecule has 4 rings (SSSR count). The van der Waals surface area contributed by atoms with Crippen LogP contribution in [0.1, 0.15) is 27.2 Å². The SMILES string of the molecule is O=C(C=Cc1ccco1)Oc1ccc(C=NNC(=O)C(=Cc2ccc([N+](=O)[O-])cc2)NC(=O)c2ccccc2)cc1. The number of furan rings is 1. The Kier molecular flexibility index (Phi) is 9.28. The van der Waals surface area contributed by atoms with Crippen LogP contribution in [-0.2, 0) is 9.59 Å². The Hall–Kier alpha value is -6.10. The summed E-state index contributed by atoms with van der Waals surface area (Å²) in [4.78, 5) is 48.0. The predicted molar refractivity (Wildman–Crippen MR) is 151 cm³/mol. The summed E-state index contributed by atoms with van der Waals surface area (Å²) in [6.45, 7) is 0. The first-order valence-corrected chi connectivity index (χ1v) is 12.1. The molecule has 4 aromatic rings. The number of hydrogen-bond donors (Lipinski definition) is 2. The lowest BCUT2D eigenvalue weighted by molar-refractivity contribution is -0.384. The van der Waals surface area contributed by atoms with Gasteiger partial charge in [-0.1, -0.05) is 18.2 Å². The van der Waals surface area contributed by atoms with Gasteiger partial charge in [0.15, 0.2) is 0 Å². The van der Waals surface area contributed by atoms with Gasteiger partial charge in [0, 0.05) is 23.8 Å². The van der Waals surface area contributed by atoms with E-state index in [2.05, 4.69) is 15.8 Å². The maximum atomic E-state index is 12.9. The lowest BCUT2D eigenvalue weighted by Crippen LogP contribution is -2.32. The number of benzene rings is 3. The predicted octanol–water partition coefficient (Wildman–Crippen LogP) is 4.73. The lowest BCUT2D eigenvalue weighted by atomic mass is 10.1. The third-order valence-corrected chi connectivity index (χ3v) is 5.35. The molecular formula is C30H22N4O7. The third-order valence-electron chi connectivity index (χ3n) is 5.35. The summed E-state index contributed by atoms with van der Waals surface area (Å²) >= 11 is 0. The van der Waals surface area contributed by atoms with Crippen LogP contribution in [0.3, 0.4) is 0 Å². The Balaban J connectivity index is 1.41. The summed E-state index contributed by atoms with van der Waals surface area (Å²) in [6, 6.07) is 23.5. The van der Waals surface area contributed by atoms with Crippen molar-refractivity contribution < 1.29 is 28.5 Å². The van der Waals surface area contributed by atoms with Gasteiger partial charge in [-0.25, -0.2) is 10.2 Å². The van der Waals surface area contributed by atoms with Crippen molar-refractivity contribution in [3.05, 3.63) is 142 Å². The van der Waals surface area contributed by atoms with E-state index in [-0.39, 0.29) is 11.4 Å². The van der Waals surface area contributed by atoms with E-state index in [0.29, 0.717) is 28.2 Å². The molecule has 3 aromatic carbocycles. The number of amides is 2. The van der Waals surface area contributed by atoms with Crippen molar-refractivity contribution >= 4 is 41.8 Å². The van der Waals surface area contributed by atoms with E-state index in [1.165, 1.54) is 55.0 Å². The van der Waals surface area contributed by atoms with Gasteiger partial charge in [0.05, 0.1) is 17.4 Å². The summed E-state index contributed by atoms with van der Waals surface area (Å²) in [5.41, 5.74) is 3.47. The van der Waals surface area contributed by atoms with E-state index in [0.717, 1.165) is 0 Å². The number of rotatable bonds is 10. The molecular weight excluding hydrogens is 528 g/mol. The number of carbonyl (C=O) groups excluding carboxylic acids is 3. The van der Waals surface area contributed by atoms with E-state index >= 15 is 0 Å². The zero-order valence-corrected chi connectivity index (χ0v) is 21.3. The number of non-ortho nitro benzene ring substituents is 1. The van der Waals surface area contributed by atoms with Crippen molar-refractivity contribution in [3.63, 3.8) is 0 Å². The monoisotopic (exact) mass is 550 g/mol. The van der Waals surface area contributed by atoms with Gasteiger partial charge in [-0.2, -0.15) is 5.10 Å². The molecule has 1 heterocycles. The van der Waals surface area contributed by atoms with Gasteiger partial charge in [-0.3, -0.25) is 19.7 Å². The van der Waals surface area contributed by atoms with Crippen LogP contribution in [0.5, 0.6) is 5.75 Å². The Morgan fingerprint density at radius 1 is 0.878 bits per heavy atom. The van der Waals surface area contributed by atoms with E-state index < -0.39 is 22.7 Å². The minimum Gasteiger partial charge on any atom is -0.465 e. The highest BCUT2D eigenvalue weighted by molar-refractivity contribution is 6.05. The summed E-state index contributed by atoms with van der Waals surface area (Å²) in [5.74, 6) is -1.02. The third kappa shape index (κ3) is 8.45. The van der Waals surface area contributed by atoms with Crippen LogP contribution in [0.15, 0.2) is 119 Å². The van der Waals surface area contributed by atoms with Crippen molar-refractivity contribution in [3.8, 4) is 5.75 Å². The van der Waals surface area contributed by atoms with Crippen molar-refractivity contribution in [1.82, 2.24) is 10.7 Å². The number of nitrogens with one attached hydrogen (secondary N) is 2. The second kappa shape index (κ2) is 13.6. The molecule has 0 saturated heterocycles. The first kappa shape index (κ1) is 27.9. The Morgan fingerprint density at radius 3 is 2.24 bits per heavy atom. The largest absolute Gasteiger partial charge is 0.465 e. The molecule has 0 fully saturated rings. The molecule has 0 unspecified atom stereocenters. The number of ether oxygens (including phenoxy) is 1. The highest BCUT2D eigenvalue weighted by atomic mass is 16.6. The Morgan fingerprint density at radius 2 is 1.59 bits per heavy atom. The second-order valence-electron chi connectivity index (χ2n) is 8.26. The summed E-state index contributed by atoms with van der Waals surface area (Å²) < 4.78 is 10.3. The van der Waals surface area contributed by atoms with E-state index in [1.54, 1.807) is 66.7 Å². The van der Waals surface area contributed by atoms with Crippen LogP contribution in [0.25, 0.3) is 12.2 Å².